The highest BCUT2D eigenvalue weighted by molar-refractivity contribution is 7.13. The van der Waals surface area contributed by atoms with E-state index in [9.17, 15) is 0 Å². The molecule has 0 unspecified atom stereocenters. The van der Waals surface area contributed by atoms with Gasteiger partial charge in [-0.3, -0.25) is 0 Å². The summed E-state index contributed by atoms with van der Waals surface area (Å²) >= 11 is 1.70. The van der Waals surface area contributed by atoms with E-state index in [-0.39, 0.29) is 0 Å². The van der Waals surface area contributed by atoms with Crippen LogP contribution in [-0.4, -0.2) is 0 Å². The molecule has 0 atom stereocenters. The molecule has 0 saturated carbocycles. The number of thiophene rings is 1. The van der Waals surface area contributed by atoms with E-state index in [1.165, 1.54) is 5.56 Å². The van der Waals surface area contributed by atoms with Gasteiger partial charge in [0.1, 0.15) is 0 Å². The largest absolute Gasteiger partial charge is 0.437 e. The first kappa shape index (κ1) is 4.39. The highest BCUT2D eigenvalue weighted by Crippen LogP contribution is 2.53. The van der Waals surface area contributed by atoms with Crippen molar-refractivity contribution in [2.24, 2.45) is 0 Å². The zero-order chi connectivity index (χ0) is 5.56. The minimum Gasteiger partial charge on any atom is -0.437 e. The van der Waals surface area contributed by atoms with Gasteiger partial charge in [0, 0.05) is 10.9 Å². The van der Waals surface area contributed by atoms with E-state index in [2.05, 4.69) is 12.3 Å². The fourth-order valence-electron chi connectivity index (χ4n) is 0.763. The predicted molar refractivity (Wildman–Crippen MR) is 33.8 cm³/mol. The molecule has 0 spiro atoms. The van der Waals surface area contributed by atoms with Gasteiger partial charge in [0.25, 0.3) is 0 Å². The van der Waals surface area contributed by atoms with E-state index in [0.29, 0.717) is 0 Å². The van der Waals surface area contributed by atoms with Gasteiger partial charge < -0.3 is 4.74 Å². The van der Waals surface area contributed by atoms with Crippen molar-refractivity contribution in [3.63, 3.8) is 0 Å². The standard InChI is InChI=1S/C6H6OS/c1-2-4-3-8-6-5(4)7-6/h3H,2H2,1H3. The van der Waals surface area contributed by atoms with Crippen molar-refractivity contribution in [3.8, 4) is 10.8 Å². The van der Waals surface area contributed by atoms with E-state index < -0.39 is 0 Å². The fraction of sp³-hybridized carbons (Fsp3) is 0.333. The zero-order valence-electron chi connectivity index (χ0n) is 4.60. The van der Waals surface area contributed by atoms with Gasteiger partial charge in [-0.1, -0.05) is 6.92 Å². The summed E-state index contributed by atoms with van der Waals surface area (Å²) in [6.07, 6.45) is 1.10. The molecule has 0 fully saturated rings. The second-order valence-corrected chi connectivity index (χ2v) is 2.68. The lowest BCUT2D eigenvalue weighted by molar-refractivity contribution is 0.650. The van der Waals surface area contributed by atoms with Crippen molar-refractivity contribution in [3.05, 3.63) is 10.9 Å². The molecular formula is C6H6OS. The Balaban J connectivity index is 2.48. The monoisotopic (exact) mass is 126 g/mol. The van der Waals surface area contributed by atoms with E-state index >= 15 is 0 Å². The van der Waals surface area contributed by atoms with Gasteiger partial charge in [-0.25, -0.2) is 0 Å². The third-order valence-electron chi connectivity index (χ3n) is 1.32. The zero-order valence-corrected chi connectivity index (χ0v) is 5.42. The molecule has 0 radical (unpaired) electrons. The van der Waals surface area contributed by atoms with Crippen molar-refractivity contribution >= 4 is 11.3 Å². The molecular weight excluding hydrogens is 120 g/mol. The molecule has 0 N–H and O–H groups in total. The Morgan fingerprint density at radius 3 is 2.88 bits per heavy atom. The van der Waals surface area contributed by atoms with Gasteiger partial charge >= 0.3 is 0 Å². The Hall–Kier alpha value is -0.500. The van der Waals surface area contributed by atoms with Crippen LogP contribution in [0.25, 0.3) is 0 Å². The van der Waals surface area contributed by atoms with E-state index in [1.807, 2.05) is 0 Å². The normalized spacial score (nSPS) is 12.6. The van der Waals surface area contributed by atoms with Gasteiger partial charge in [0.15, 0.2) is 5.75 Å². The maximum atomic E-state index is 5.08. The third-order valence-corrected chi connectivity index (χ3v) is 2.20. The van der Waals surface area contributed by atoms with Crippen molar-refractivity contribution < 1.29 is 4.74 Å². The molecule has 2 heteroatoms. The molecule has 1 aromatic heterocycles. The molecule has 1 aliphatic rings. The first-order valence-corrected chi connectivity index (χ1v) is 3.58. The molecule has 1 aromatic rings. The SMILES string of the molecule is CCc1csc2c1O2. The number of aryl methyl sites for hydroxylation is 1. The number of hydrogen-bond donors (Lipinski definition) is 0. The van der Waals surface area contributed by atoms with Crippen LogP contribution in [0.4, 0.5) is 0 Å². The van der Waals surface area contributed by atoms with Gasteiger partial charge in [-0.05, 0) is 6.42 Å². The molecule has 2 heterocycles. The third kappa shape index (κ3) is 0.409. The van der Waals surface area contributed by atoms with Gasteiger partial charge in [0.2, 0.25) is 5.06 Å². The summed E-state index contributed by atoms with van der Waals surface area (Å²) in [6.45, 7) is 2.14. The second-order valence-electron chi connectivity index (χ2n) is 1.83. The molecule has 42 valence electrons. The summed E-state index contributed by atoms with van der Waals surface area (Å²) in [7, 11) is 0. The van der Waals surface area contributed by atoms with Crippen LogP contribution in [0.3, 0.4) is 0 Å². The summed E-state index contributed by atoms with van der Waals surface area (Å²) in [4.78, 5) is 0. The quantitative estimate of drug-likeness (QED) is 0.534. The van der Waals surface area contributed by atoms with Crippen molar-refractivity contribution in [2.75, 3.05) is 0 Å². The van der Waals surface area contributed by atoms with Crippen LogP contribution in [0.15, 0.2) is 5.38 Å². The van der Waals surface area contributed by atoms with E-state index in [4.69, 9.17) is 4.74 Å². The van der Waals surface area contributed by atoms with Crippen molar-refractivity contribution in [1.82, 2.24) is 0 Å². The second kappa shape index (κ2) is 1.26. The lowest BCUT2D eigenvalue weighted by Gasteiger charge is -1.82. The molecule has 1 aliphatic heterocycles. The lowest BCUT2D eigenvalue weighted by Crippen LogP contribution is -1.69. The molecule has 2 rings (SSSR count). The van der Waals surface area contributed by atoms with Crippen LogP contribution in [-0.2, 0) is 6.42 Å². The minimum absolute atomic E-state index is 1.10. The molecule has 0 saturated heterocycles. The minimum atomic E-state index is 1.10. The predicted octanol–water partition coefficient (Wildman–Crippen LogP) is 2.42. The average molecular weight is 126 g/mol. The van der Waals surface area contributed by atoms with Crippen LogP contribution >= 0.6 is 11.3 Å². The number of hydrogen-bond acceptors (Lipinski definition) is 2. The molecule has 1 nitrogen and oxygen atoms in total. The number of ether oxygens (including phenoxy) is 1. The van der Waals surface area contributed by atoms with Gasteiger partial charge in [0.05, 0.1) is 0 Å². The summed E-state index contributed by atoms with van der Waals surface area (Å²) in [6, 6.07) is 0. The Labute approximate surface area is 51.9 Å². The average Bonchev–Trinajstić information content (AvgIpc) is 2.46. The first-order chi connectivity index (χ1) is 3.92. The molecule has 0 bridgehead atoms. The van der Waals surface area contributed by atoms with Crippen LogP contribution < -0.4 is 4.74 Å². The summed E-state index contributed by atoms with van der Waals surface area (Å²) < 4.78 is 5.08. The van der Waals surface area contributed by atoms with Crippen LogP contribution in [0, 0.1) is 0 Å². The molecule has 0 amide bonds. The van der Waals surface area contributed by atoms with Gasteiger partial charge in [-0.2, -0.15) is 0 Å². The Bertz CT molecular complexity index is 214. The Kier molecular flexibility index (Phi) is 0.690. The fourth-order valence-corrected chi connectivity index (χ4v) is 1.66. The number of fused-ring (bicyclic) bond motifs is 1. The maximum Gasteiger partial charge on any atom is 0.224 e. The first-order valence-electron chi connectivity index (χ1n) is 2.70. The summed E-state index contributed by atoms with van der Waals surface area (Å²) in [5.74, 6) is 1.15. The lowest BCUT2D eigenvalue weighted by atomic mass is 10.3. The number of rotatable bonds is 1. The van der Waals surface area contributed by atoms with Crippen molar-refractivity contribution in [1.29, 1.82) is 0 Å². The molecule has 0 aliphatic carbocycles. The summed E-state index contributed by atoms with van der Waals surface area (Å²) in [5.41, 5.74) is 1.37. The highest BCUT2D eigenvalue weighted by atomic mass is 32.1. The highest BCUT2D eigenvalue weighted by Gasteiger charge is 2.25. The van der Waals surface area contributed by atoms with Crippen LogP contribution in [0.2, 0.25) is 0 Å². The van der Waals surface area contributed by atoms with E-state index in [0.717, 1.165) is 17.2 Å². The van der Waals surface area contributed by atoms with E-state index in [1.54, 1.807) is 11.3 Å². The van der Waals surface area contributed by atoms with Crippen molar-refractivity contribution in [2.45, 2.75) is 13.3 Å². The molecule has 0 aromatic carbocycles. The molecule has 8 heavy (non-hydrogen) atoms. The van der Waals surface area contributed by atoms with Crippen LogP contribution in [0.5, 0.6) is 10.8 Å². The topological polar surface area (TPSA) is 12.5 Å². The smallest absolute Gasteiger partial charge is 0.224 e. The Morgan fingerprint density at radius 2 is 2.62 bits per heavy atom. The van der Waals surface area contributed by atoms with Crippen LogP contribution in [0.1, 0.15) is 12.5 Å². The Morgan fingerprint density at radius 1 is 1.75 bits per heavy atom. The van der Waals surface area contributed by atoms with Gasteiger partial charge in [-0.15, -0.1) is 11.3 Å². The maximum absolute atomic E-state index is 5.08. The summed E-state index contributed by atoms with van der Waals surface area (Å²) in [5, 5.41) is 3.29.